The molecule has 0 spiro atoms. The predicted molar refractivity (Wildman–Crippen MR) is 89.2 cm³/mol. The highest BCUT2D eigenvalue weighted by atomic mass is 32.2. The van der Waals surface area contributed by atoms with Crippen LogP contribution in [-0.2, 0) is 5.75 Å². The van der Waals surface area contributed by atoms with Gasteiger partial charge in [-0.2, -0.15) is 0 Å². The Labute approximate surface area is 130 Å². The number of hydrogen-bond acceptors (Lipinski definition) is 4. The van der Waals surface area contributed by atoms with Crippen molar-refractivity contribution in [1.82, 2.24) is 0 Å². The van der Waals surface area contributed by atoms with E-state index < -0.39 is 0 Å². The lowest BCUT2D eigenvalue weighted by molar-refractivity contribution is 0.339. The first kappa shape index (κ1) is 15.6. The van der Waals surface area contributed by atoms with Crippen LogP contribution in [0.4, 0.5) is 5.69 Å². The Morgan fingerprint density at radius 2 is 1.52 bits per heavy atom. The van der Waals surface area contributed by atoms with E-state index in [0.717, 1.165) is 27.8 Å². The average molecular weight is 303 g/mol. The Balaban J connectivity index is 2.00. The molecule has 0 aliphatic heterocycles. The lowest BCUT2D eigenvalue weighted by Gasteiger charge is -2.09. The molecule has 0 heterocycles. The zero-order valence-corrected chi connectivity index (χ0v) is 13.3. The van der Waals surface area contributed by atoms with Crippen LogP contribution < -0.4 is 15.2 Å². The molecular formula is C17H21NO2S. The van der Waals surface area contributed by atoms with Gasteiger partial charge in [-0.3, -0.25) is 0 Å². The molecule has 0 bridgehead atoms. The summed E-state index contributed by atoms with van der Waals surface area (Å²) in [5.41, 5.74) is 8.04. The molecule has 0 amide bonds. The van der Waals surface area contributed by atoms with Crippen LogP contribution >= 0.6 is 11.8 Å². The first-order valence-corrected chi connectivity index (χ1v) is 8.08. The van der Waals surface area contributed by atoms with Gasteiger partial charge < -0.3 is 15.2 Å². The molecule has 3 nitrogen and oxygen atoms in total. The van der Waals surface area contributed by atoms with Gasteiger partial charge in [-0.1, -0.05) is 12.1 Å². The van der Waals surface area contributed by atoms with Crippen LogP contribution in [0.1, 0.15) is 19.4 Å². The summed E-state index contributed by atoms with van der Waals surface area (Å²) >= 11 is 1.71. The van der Waals surface area contributed by atoms with Crippen molar-refractivity contribution in [1.29, 1.82) is 0 Å². The molecule has 112 valence electrons. The minimum Gasteiger partial charge on any atom is -0.494 e. The fourth-order valence-corrected chi connectivity index (χ4v) is 2.85. The fourth-order valence-electron chi connectivity index (χ4n) is 1.91. The van der Waals surface area contributed by atoms with Crippen LogP contribution in [-0.4, -0.2) is 13.2 Å². The minimum absolute atomic E-state index is 0.660. The summed E-state index contributed by atoms with van der Waals surface area (Å²) in [6.45, 7) is 5.31. The molecule has 2 N–H and O–H groups in total. The molecule has 2 aromatic carbocycles. The zero-order chi connectivity index (χ0) is 15.1. The summed E-state index contributed by atoms with van der Waals surface area (Å²) in [5.74, 6) is 2.64. The number of rotatable bonds is 7. The molecule has 0 aromatic heterocycles. The summed E-state index contributed by atoms with van der Waals surface area (Å²) in [7, 11) is 0. The largest absolute Gasteiger partial charge is 0.494 e. The monoisotopic (exact) mass is 303 g/mol. The van der Waals surface area contributed by atoms with E-state index in [1.807, 2.05) is 44.2 Å². The van der Waals surface area contributed by atoms with Crippen molar-refractivity contribution in [3.8, 4) is 11.5 Å². The molecule has 0 saturated heterocycles. The van der Waals surface area contributed by atoms with Crippen LogP contribution in [0.25, 0.3) is 0 Å². The summed E-state index contributed by atoms with van der Waals surface area (Å²) < 4.78 is 11.0. The van der Waals surface area contributed by atoms with Crippen LogP contribution in [0, 0.1) is 0 Å². The number of nitrogen functional groups attached to an aromatic ring is 1. The fraction of sp³-hybridized carbons (Fsp3) is 0.294. The molecule has 0 saturated carbocycles. The third kappa shape index (κ3) is 4.60. The summed E-state index contributed by atoms with van der Waals surface area (Å²) in [4.78, 5) is 1.05. The van der Waals surface area contributed by atoms with E-state index >= 15 is 0 Å². The van der Waals surface area contributed by atoms with Crippen molar-refractivity contribution in [2.24, 2.45) is 0 Å². The maximum atomic E-state index is 6.02. The van der Waals surface area contributed by atoms with Gasteiger partial charge in [0.05, 0.1) is 13.2 Å². The standard InChI is InChI=1S/C17H21NO2S/c1-3-19-14-7-5-13(6-8-14)12-21-17-11-15(20-4-2)9-10-16(17)18/h5-11H,3-4,12,18H2,1-2H3. The van der Waals surface area contributed by atoms with Crippen molar-refractivity contribution in [3.05, 3.63) is 48.0 Å². The average Bonchev–Trinajstić information content (AvgIpc) is 2.50. The second kappa shape index (κ2) is 7.84. The van der Waals surface area contributed by atoms with Crippen LogP contribution in [0.15, 0.2) is 47.4 Å². The first-order chi connectivity index (χ1) is 10.2. The number of nitrogens with two attached hydrogens (primary N) is 1. The Kier molecular flexibility index (Phi) is 5.81. The Bertz CT molecular complexity index is 570. The molecular weight excluding hydrogens is 282 g/mol. The topological polar surface area (TPSA) is 44.5 Å². The minimum atomic E-state index is 0.660. The van der Waals surface area contributed by atoms with E-state index in [2.05, 4.69) is 12.1 Å². The van der Waals surface area contributed by atoms with E-state index in [4.69, 9.17) is 15.2 Å². The highest BCUT2D eigenvalue weighted by Crippen LogP contribution is 2.31. The highest BCUT2D eigenvalue weighted by molar-refractivity contribution is 7.98. The lowest BCUT2D eigenvalue weighted by Crippen LogP contribution is -1.94. The number of anilines is 1. The first-order valence-electron chi connectivity index (χ1n) is 7.09. The second-order valence-corrected chi connectivity index (χ2v) is 5.52. The second-order valence-electron chi connectivity index (χ2n) is 4.50. The normalized spacial score (nSPS) is 10.4. The maximum absolute atomic E-state index is 6.02. The third-order valence-electron chi connectivity index (χ3n) is 2.92. The summed E-state index contributed by atoms with van der Waals surface area (Å²) in [6.07, 6.45) is 0. The van der Waals surface area contributed by atoms with Gasteiger partial charge in [0.1, 0.15) is 11.5 Å². The molecule has 0 aliphatic rings. The maximum Gasteiger partial charge on any atom is 0.120 e. The molecule has 0 atom stereocenters. The molecule has 2 rings (SSSR count). The number of ether oxygens (including phenoxy) is 2. The molecule has 4 heteroatoms. The van der Waals surface area contributed by atoms with Gasteiger partial charge in [-0.25, -0.2) is 0 Å². The molecule has 0 aliphatic carbocycles. The number of benzene rings is 2. The molecule has 0 unspecified atom stereocenters. The van der Waals surface area contributed by atoms with Gasteiger partial charge in [-0.15, -0.1) is 11.8 Å². The number of hydrogen-bond donors (Lipinski definition) is 1. The van der Waals surface area contributed by atoms with E-state index in [-0.39, 0.29) is 0 Å². The van der Waals surface area contributed by atoms with Gasteiger partial charge in [0.25, 0.3) is 0 Å². The summed E-state index contributed by atoms with van der Waals surface area (Å²) in [6, 6.07) is 14.0. The molecule has 21 heavy (non-hydrogen) atoms. The van der Waals surface area contributed by atoms with Crippen molar-refractivity contribution in [2.75, 3.05) is 18.9 Å². The van der Waals surface area contributed by atoms with Crippen LogP contribution in [0.3, 0.4) is 0 Å². The van der Waals surface area contributed by atoms with E-state index in [1.54, 1.807) is 11.8 Å². The molecule has 2 aromatic rings. The zero-order valence-electron chi connectivity index (χ0n) is 12.5. The Morgan fingerprint density at radius 1 is 0.905 bits per heavy atom. The van der Waals surface area contributed by atoms with E-state index in [1.165, 1.54) is 5.56 Å². The molecule has 0 radical (unpaired) electrons. The smallest absolute Gasteiger partial charge is 0.120 e. The van der Waals surface area contributed by atoms with Crippen molar-refractivity contribution in [3.63, 3.8) is 0 Å². The van der Waals surface area contributed by atoms with Crippen LogP contribution in [0.2, 0.25) is 0 Å². The summed E-state index contributed by atoms with van der Waals surface area (Å²) in [5, 5.41) is 0. The van der Waals surface area contributed by atoms with Gasteiger partial charge in [0.2, 0.25) is 0 Å². The van der Waals surface area contributed by atoms with Gasteiger partial charge in [-0.05, 0) is 49.7 Å². The SMILES string of the molecule is CCOc1ccc(CSc2cc(OCC)ccc2N)cc1. The third-order valence-corrected chi connectivity index (χ3v) is 4.07. The van der Waals surface area contributed by atoms with Gasteiger partial charge >= 0.3 is 0 Å². The van der Waals surface area contributed by atoms with Crippen molar-refractivity contribution < 1.29 is 9.47 Å². The van der Waals surface area contributed by atoms with Gasteiger partial charge in [0.15, 0.2) is 0 Å². The Hall–Kier alpha value is -1.81. The highest BCUT2D eigenvalue weighted by Gasteiger charge is 2.04. The quantitative estimate of drug-likeness (QED) is 0.610. The predicted octanol–water partition coefficient (Wildman–Crippen LogP) is 4.36. The number of thioether (sulfide) groups is 1. The van der Waals surface area contributed by atoms with E-state index in [9.17, 15) is 0 Å². The molecule has 0 fully saturated rings. The van der Waals surface area contributed by atoms with E-state index in [0.29, 0.717) is 13.2 Å². The van der Waals surface area contributed by atoms with Crippen molar-refractivity contribution in [2.45, 2.75) is 24.5 Å². The lowest BCUT2D eigenvalue weighted by atomic mass is 10.2. The van der Waals surface area contributed by atoms with Crippen LogP contribution in [0.5, 0.6) is 11.5 Å². The van der Waals surface area contributed by atoms with Gasteiger partial charge in [0, 0.05) is 16.3 Å². The Morgan fingerprint density at radius 3 is 2.19 bits per heavy atom. The van der Waals surface area contributed by atoms with Crippen molar-refractivity contribution >= 4 is 17.4 Å².